The minimum Gasteiger partial charge on any atom is -0.313 e. The van der Waals surface area contributed by atoms with Crippen molar-refractivity contribution in [3.63, 3.8) is 0 Å². The highest BCUT2D eigenvalue weighted by Crippen LogP contribution is 2.15. The molecule has 2 heterocycles. The normalized spacial score (nSPS) is 34.2. The molecule has 0 aromatic rings. The lowest BCUT2D eigenvalue weighted by molar-refractivity contribution is 0.660. The minimum absolute atomic E-state index is 0.811. The zero-order chi connectivity index (χ0) is 8.93. The summed E-state index contributed by atoms with van der Waals surface area (Å²) in [6, 6.07) is 1.62. The maximum absolute atomic E-state index is 3.54. The summed E-state index contributed by atoms with van der Waals surface area (Å²) in [6.07, 6.45) is 5.55. The van der Waals surface area contributed by atoms with Gasteiger partial charge in [-0.3, -0.25) is 0 Å². The Morgan fingerprint density at radius 1 is 0.923 bits per heavy atom. The molecule has 0 saturated carbocycles. The number of nitrogens with one attached hydrogen (secondary N) is 2. The van der Waals surface area contributed by atoms with Crippen molar-refractivity contribution in [2.45, 2.75) is 37.8 Å². The highest BCUT2D eigenvalue weighted by atomic mass is 32.2. The Balaban J connectivity index is 1.52. The van der Waals surface area contributed by atoms with E-state index in [2.05, 4.69) is 22.4 Å². The molecule has 2 rings (SSSR count). The van der Waals surface area contributed by atoms with Crippen molar-refractivity contribution in [1.82, 2.24) is 10.6 Å². The SMILES string of the molecule is C1CNC(CSCC2CCCN2)C1. The van der Waals surface area contributed by atoms with Gasteiger partial charge in [0.2, 0.25) is 0 Å². The first-order chi connectivity index (χ1) is 6.45. The highest BCUT2D eigenvalue weighted by Gasteiger charge is 2.16. The molecular formula is C10H20N2S. The molecule has 0 aromatic heterocycles. The average Bonchev–Trinajstić information content (AvgIpc) is 2.75. The lowest BCUT2D eigenvalue weighted by Gasteiger charge is -2.12. The highest BCUT2D eigenvalue weighted by molar-refractivity contribution is 7.99. The van der Waals surface area contributed by atoms with Crippen LogP contribution in [-0.2, 0) is 0 Å². The Kier molecular flexibility index (Phi) is 3.94. The van der Waals surface area contributed by atoms with Crippen LogP contribution in [0.1, 0.15) is 25.7 Å². The van der Waals surface area contributed by atoms with Gasteiger partial charge in [-0.25, -0.2) is 0 Å². The van der Waals surface area contributed by atoms with E-state index in [0.717, 1.165) is 12.1 Å². The number of hydrogen-bond donors (Lipinski definition) is 2. The molecule has 2 aliphatic rings. The van der Waals surface area contributed by atoms with Gasteiger partial charge in [-0.05, 0) is 38.8 Å². The number of rotatable bonds is 4. The van der Waals surface area contributed by atoms with Crippen molar-refractivity contribution in [3.05, 3.63) is 0 Å². The Labute approximate surface area is 85.2 Å². The van der Waals surface area contributed by atoms with Crippen LogP contribution in [0, 0.1) is 0 Å². The van der Waals surface area contributed by atoms with Crippen LogP contribution in [0.15, 0.2) is 0 Å². The van der Waals surface area contributed by atoms with Crippen molar-refractivity contribution in [2.75, 3.05) is 24.6 Å². The van der Waals surface area contributed by atoms with Gasteiger partial charge in [0, 0.05) is 23.6 Å². The van der Waals surface area contributed by atoms with E-state index >= 15 is 0 Å². The molecule has 0 radical (unpaired) electrons. The molecule has 2 N–H and O–H groups in total. The molecule has 0 spiro atoms. The molecule has 2 nitrogen and oxygen atoms in total. The first kappa shape index (κ1) is 9.81. The predicted octanol–water partition coefficient (Wildman–Crippen LogP) is 1.22. The van der Waals surface area contributed by atoms with E-state index in [-0.39, 0.29) is 0 Å². The quantitative estimate of drug-likeness (QED) is 0.713. The fourth-order valence-electron chi connectivity index (χ4n) is 2.15. The van der Waals surface area contributed by atoms with E-state index in [1.54, 1.807) is 0 Å². The smallest absolute Gasteiger partial charge is 0.0158 e. The Bertz CT molecular complexity index is 124. The lowest BCUT2D eigenvalue weighted by Crippen LogP contribution is -2.27. The predicted molar refractivity (Wildman–Crippen MR) is 59.4 cm³/mol. The van der Waals surface area contributed by atoms with Gasteiger partial charge in [0.05, 0.1) is 0 Å². The molecule has 76 valence electrons. The molecule has 0 aliphatic carbocycles. The molecule has 2 aliphatic heterocycles. The molecular weight excluding hydrogens is 180 g/mol. The molecule has 0 aromatic carbocycles. The summed E-state index contributed by atoms with van der Waals surface area (Å²) in [5, 5.41) is 7.08. The van der Waals surface area contributed by atoms with Crippen LogP contribution in [-0.4, -0.2) is 36.7 Å². The molecule has 0 amide bonds. The van der Waals surface area contributed by atoms with Crippen molar-refractivity contribution in [2.24, 2.45) is 0 Å². The molecule has 3 heteroatoms. The summed E-state index contributed by atoms with van der Waals surface area (Å²) in [7, 11) is 0. The second kappa shape index (κ2) is 5.23. The summed E-state index contributed by atoms with van der Waals surface area (Å²) in [5.74, 6) is 2.64. The maximum Gasteiger partial charge on any atom is 0.0158 e. The van der Waals surface area contributed by atoms with Gasteiger partial charge >= 0.3 is 0 Å². The number of hydrogen-bond acceptors (Lipinski definition) is 3. The lowest BCUT2D eigenvalue weighted by atomic mass is 10.2. The van der Waals surface area contributed by atoms with Crippen LogP contribution in [0.4, 0.5) is 0 Å². The van der Waals surface area contributed by atoms with E-state index < -0.39 is 0 Å². The zero-order valence-electron chi connectivity index (χ0n) is 8.22. The molecule has 2 unspecified atom stereocenters. The summed E-state index contributed by atoms with van der Waals surface area (Å²) in [4.78, 5) is 0. The molecule has 2 saturated heterocycles. The van der Waals surface area contributed by atoms with Gasteiger partial charge in [0.15, 0.2) is 0 Å². The van der Waals surface area contributed by atoms with E-state index in [4.69, 9.17) is 0 Å². The van der Waals surface area contributed by atoms with E-state index in [1.807, 2.05) is 0 Å². The van der Waals surface area contributed by atoms with Gasteiger partial charge < -0.3 is 10.6 Å². The van der Waals surface area contributed by atoms with Gasteiger partial charge in [0.25, 0.3) is 0 Å². The zero-order valence-corrected chi connectivity index (χ0v) is 9.04. The van der Waals surface area contributed by atoms with Crippen molar-refractivity contribution in [3.8, 4) is 0 Å². The molecule has 2 fully saturated rings. The third-order valence-electron chi connectivity index (χ3n) is 2.96. The Morgan fingerprint density at radius 2 is 1.46 bits per heavy atom. The van der Waals surface area contributed by atoms with Gasteiger partial charge in [-0.2, -0.15) is 11.8 Å². The fourth-order valence-corrected chi connectivity index (χ4v) is 3.42. The average molecular weight is 200 g/mol. The first-order valence-corrected chi connectivity index (χ1v) is 6.65. The second-order valence-electron chi connectivity index (χ2n) is 4.12. The van der Waals surface area contributed by atoms with Gasteiger partial charge in [0.1, 0.15) is 0 Å². The van der Waals surface area contributed by atoms with Crippen LogP contribution < -0.4 is 10.6 Å². The number of thioether (sulfide) groups is 1. The molecule has 0 bridgehead atoms. The fraction of sp³-hybridized carbons (Fsp3) is 1.00. The van der Waals surface area contributed by atoms with E-state index in [1.165, 1.54) is 50.3 Å². The largest absolute Gasteiger partial charge is 0.313 e. The third-order valence-corrected chi connectivity index (χ3v) is 4.24. The maximum atomic E-state index is 3.54. The summed E-state index contributed by atoms with van der Waals surface area (Å²) < 4.78 is 0. The van der Waals surface area contributed by atoms with Crippen LogP contribution in [0.2, 0.25) is 0 Å². The monoisotopic (exact) mass is 200 g/mol. The van der Waals surface area contributed by atoms with E-state index in [0.29, 0.717) is 0 Å². The summed E-state index contributed by atoms with van der Waals surface area (Å²) in [6.45, 7) is 2.49. The van der Waals surface area contributed by atoms with Gasteiger partial charge in [-0.1, -0.05) is 0 Å². The van der Waals surface area contributed by atoms with Crippen LogP contribution >= 0.6 is 11.8 Å². The first-order valence-electron chi connectivity index (χ1n) is 5.49. The molecule has 13 heavy (non-hydrogen) atoms. The van der Waals surface area contributed by atoms with Crippen LogP contribution in [0.5, 0.6) is 0 Å². The van der Waals surface area contributed by atoms with Crippen molar-refractivity contribution >= 4 is 11.8 Å². The van der Waals surface area contributed by atoms with Crippen LogP contribution in [0.25, 0.3) is 0 Å². The second-order valence-corrected chi connectivity index (χ2v) is 5.20. The van der Waals surface area contributed by atoms with Gasteiger partial charge in [-0.15, -0.1) is 0 Å². The van der Waals surface area contributed by atoms with E-state index in [9.17, 15) is 0 Å². The topological polar surface area (TPSA) is 24.1 Å². The Morgan fingerprint density at radius 3 is 1.85 bits per heavy atom. The van der Waals surface area contributed by atoms with Crippen molar-refractivity contribution < 1.29 is 0 Å². The summed E-state index contributed by atoms with van der Waals surface area (Å²) in [5.41, 5.74) is 0. The summed E-state index contributed by atoms with van der Waals surface area (Å²) >= 11 is 2.12. The molecule has 2 atom stereocenters. The minimum atomic E-state index is 0.811. The Hall–Kier alpha value is 0.270. The van der Waals surface area contributed by atoms with Crippen LogP contribution in [0.3, 0.4) is 0 Å². The standard InChI is InChI=1S/C10H20N2S/c1-3-9(11-5-1)7-13-8-10-4-2-6-12-10/h9-12H,1-8H2. The third kappa shape index (κ3) is 3.15. The van der Waals surface area contributed by atoms with Crippen molar-refractivity contribution in [1.29, 1.82) is 0 Å².